The summed E-state index contributed by atoms with van der Waals surface area (Å²) in [5, 5.41) is 3.43. The summed E-state index contributed by atoms with van der Waals surface area (Å²) in [5.41, 5.74) is 1.21. The van der Waals surface area contributed by atoms with Gasteiger partial charge in [-0.05, 0) is 38.6 Å². The van der Waals surface area contributed by atoms with Crippen molar-refractivity contribution < 1.29 is 4.79 Å². The number of rotatable bonds is 3. The zero-order valence-electron chi connectivity index (χ0n) is 12.1. The van der Waals surface area contributed by atoms with Gasteiger partial charge in [-0.3, -0.25) is 4.79 Å². The molecule has 2 saturated heterocycles. The van der Waals surface area contributed by atoms with E-state index >= 15 is 0 Å². The molecule has 0 saturated carbocycles. The second-order valence-electron chi connectivity index (χ2n) is 5.93. The van der Waals surface area contributed by atoms with E-state index in [9.17, 15) is 4.79 Å². The van der Waals surface area contributed by atoms with Crippen LogP contribution in [-0.4, -0.2) is 46.5 Å². The monoisotopic (exact) mass is 276 g/mol. The molecule has 5 nitrogen and oxygen atoms in total. The molecular formula is C15H24N4O. The number of nitrogens with zero attached hydrogens (tertiary/aromatic N) is 3. The fourth-order valence-electron chi connectivity index (χ4n) is 3.30. The lowest BCUT2D eigenvalue weighted by Crippen LogP contribution is -2.38. The third-order valence-electron chi connectivity index (χ3n) is 4.47. The van der Waals surface area contributed by atoms with Gasteiger partial charge >= 0.3 is 0 Å². The second kappa shape index (κ2) is 6.39. The van der Waals surface area contributed by atoms with Crippen molar-refractivity contribution >= 4 is 5.91 Å². The first kappa shape index (κ1) is 13.6. The number of hydrogen-bond acceptors (Lipinski definition) is 3. The van der Waals surface area contributed by atoms with Crippen molar-refractivity contribution in [3.05, 3.63) is 18.2 Å². The summed E-state index contributed by atoms with van der Waals surface area (Å²) in [6.07, 6.45) is 9.69. The standard InChI is InChI=1S/C15H24N4O/c20-15(18-7-2-1-3-8-18)11-19-12-17-10-14(19)13-5-4-6-16-9-13/h10,12-13,16H,1-9,11H2. The van der Waals surface area contributed by atoms with Crippen molar-refractivity contribution in [2.24, 2.45) is 0 Å². The van der Waals surface area contributed by atoms with E-state index in [2.05, 4.69) is 14.9 Å². The van der Waals surface area contributed by atoms with Gasteiger partial charge in [0.15, 0.2) is 0 Å². The van der Waals surface area contributed by atoms with E-state index in [4.69, 9.17) is 0 Å². The van der Waals surface area contributed by atoms with Gasteiger partial charge in [0.2, 0.25) is 5.91 Å². The molecule has 3 heterocycles. The number of imidazole rings is 1. The van der Waals surface area contributed by atoms with Gasteiger partial charge in [-0.2, -0.15) is 0 Å². The first-order chi connectivity index (χ1) is 9.84. The van der Waals surface area contributed by atoms with Crippen LogP contribution in [0.4, 0.5) is 0 Å². The average molecular weight is 276 g/mol. The Morgan fingerprint density at radius 3 is 2.90 bits per heavy atom. The van der Waals surface area contributed by atoms with Gasteiger partial charge in [-0.1, -0.05) is 0 Å². The molecule has 110 valence electrons. The molecule has 0 spiro atoms. The number of carbonyl (C=O) groups excluding carboxylic acids is 1. The zero-order valence-corrected chi connectivity index (χ0v) is 12.1. The van der Waals surface area contributed by atoms with Crippen molar-refractivity contribution in [3.8, 4) is 0 Å². The third kappa shape index (κ3) is 3.03. The highest BCUT2D eigenvalue weighted by Gasteiger charge is 2.22. The highest BCUT2D eigenvalue weighted by molar-refractivity contribution is 5.76. The molecule has 1 aromatic rings. The van der Waals surface area contributed by atoms with Gasteiger partial charge in [-0.25, -0.2) is 4.98 Å². The Kier molecular flexibility index (Phi) is 4.35. The first-order valence-corrected chi connectivity index (χ1v) is 7.83. The Balaban J connectivity index is 1.65. The van der Waals surface area contributed by atoms with Crippen LogP contribution in [0.3, 0.4) is 0 Å². The zero-order chi connectivity index (χ0) is 13.8. The van der Waals surface area contributed by atoms with Crippen LogP contribution in [0.25, 0.3) is 0 Å². The quantitative estimate of drug-likeness (QED) is 0.907. The molecule has 0 bridgehead atoms. The minimum Gasteiger partial charge on any atom is -0.341 e. The highest BCUT2D eigenvalue weighted by atomic mass is 16.2. The van der Waals surface area contributed by atoms with Crippen LogP contribution in [0.2, 0.25) is 0 Å². The first-order valence-electron chi connectivity index (χ1n) is 7.83. The minimum absolute atomic E-state index is 0.243. The topological polar surface area (TPSA) is 50.2 Å². The van der Waals surface area contributed by atoms with Gasteiger partial charge in [-0.15, -0.1) is 0 Å². The lowest BCUT2D eigenvalue weighted by atomic mass is 9.96. The molecule has 2 aliphatic rings. The summed E-state index contributed by atoms with van der Waals surface area (Å²) in [5.74, 6) is 0.744. The highest BCUT2D eigenvalue weighted by Crippen LogP contribution is 2.23. The van der Waals surface area contributed by atoms with Crippen LogP contribution >= 0.6 is 0 Å². The molecule has 5 heteroatoms. The van der Waals surface area contributed by atoms with Crippen LogP contribution in [0.1, 0.15) is 43.7 Å². The molecule has 2 aliphatic heterocycles. The summed E-state index contributed by atoms with van der Waals surface area (Å²) in [4.78, 5) is 18.6. The molecular weight excluding hydrogens is 252 g/mol. The Labute approximate surface area is 120 Å². The maximum atomic E-state index is 12.4. The summed E-state index contributed by atoms with van der Waals surface area (Å²) in [6, 6.07) is 0. The van der Waals surface area contributed by atoms with Crippen molar-refractivity contribution in [2.75, 3.05) is 26.2 Å². The van der Waals surface area contributed by atoms with Crippen LogP contribution in [0.5, 0.6) is 0 Å². The number of carbonyl (C=O) groups is 1. The van der Waals surface area contributed by atoms with Gasteiger partial charge in [0.05, 0.1) is 6.33 Å². The Morgan fingerprint density at radius 2 is 2.15 bits per heavy atom. The van der Waals surface area contributed by atoms with Crippen LogP contribution in [0.15, 0.2) is 12.5 Å². The molecule has 20 heavy (non-hydrogen) atoms. The summed E-state index contributed by atoms with van der Waals surface area (Å²) in [6.45, 7) is 4.41. The van der Waals surface area contributed by atoms with E-state index in [0.717, 1.165) is 39.0 Å². The van der Waals surface area contributed by atoms with Gasteiger partial charge in [0.25, 0.3) is 0 Å². The van der Waals surface area contributed by atoms with E-state index in [1.807, 2.05) is 17.4 Å². The Hall–Kier alpha value is -1.36. The van der Waals surface area contributed by atoms with Gasteiger partial charge < -0.3 is 14.8 Å². The minimum atomic E-state index is 0.243. The van der Waals surface area contributed by atoms with Crippen LogP contribution in [0, 0.1) is 0 Å². The predicted octanol–water partition coefficient (Wildman–Crippen LogP) is 1.36. The van der Waals surface area contributed by atoms with Crippen molar-refractivity contribution in [3.63, 3.8) is 0 Å². The lowest BCUT2D eigenvalue weighted by molar-refractivity contribution is -0.132. The normalized spacial score (nSPS) is 23.8. The van der Waals surface area contributed by atoms with Gasteiger partial charge in [0.1, 0.15) is 6.54 Å². The van der Waals surface area contributed by atoms with Crippen molar-refractivity contribution in [2.45, 2.75) is 44.6 Å². The molecule has 0 aliphatic carbocycles. The molecule has 0 aromatic carbocycles. The van der Waals surface area contributed by atoms with E-state index < -0.39 is 0 Å². The molecule has 1 amide bonds. The SMILES string of the molecule is O=C(Cn1cncc1C1CCCNC1)N1CCCCC1. The molecule has 1 unspecified atom stereocenters. The molecule has 0 radical (unpaired) electrons. The number of nitrogens with one attached hydrogen (secondary N) is 1. The average Bonchev–Trinajstić information content (AvgIpc) is 2.97. The lowest BCUT2D eigenvalue weighted by Gasteiger charge is -2.28. The van der Waals surface area contributed by atoms with Crippen LogP contribution < -0.4 is 5.32 Å². The van der Waals surface area contributed by atoms with E-state index in [-0.39, 0.29) is 5.91 Å². The summed E-state index contributed by atoms with van der Waals surface area (Å²) in [7, 11) is 0. The molecule has 1 atom stereocenters. The predicted molar refractivity (Wildman–Crippen MR) is 77.5 cm³/mol. The smallest absolute Gasteiger partial charge is 0.242 e. The number of likely N-dealkylation sites (tertiary alicyclic amines) is 1. The fraction of sp³-hybridized carbons (Fsp3) is 0.733. The maximum absolute atomic E-state index is 12.4. The largest absolute Gasteiger partial charge is 0.341 e. The summed E-state index contributed by atoms with van der Waals surface area (Å²) < 4.78 is 2.05. The molecule has 2 fully saturated rings. The number of amides is 1. The Morgan fingerprint density at radius 1 is 1.30 bits per heavy atom. The molecule has 3 rings (SSSR count). The second-order valence-corrected chi connectivity index (χ2v) is 5.93. The van der Waals surface area contributed by atoms with E-state index in [1.165, 1.54) is 25.0 Å². The maximum Gasteiger partial charge on any atom is 0.242 e. The van der Waals surface area contributed by atoms with Crippen molar-refractivity contribution in [1.29, 1.82) is 0 Å². The fourth-order valence-corrected chi connectivity index (χ4v) is 3.30. The summed E-state index contributed by atoms with van der Waals surface area (Å²) >= 11 is 0. The number of aromatic nitrogens is 2. The van der Waals surface area contributed by atoms with Crippen LogP contribution in [-0.2, 0) is 11.3 Å². The van der Waals surface area contributed by atoms with Gasteiger partial charge in [0, 0.05) is 37.4 Å². The van der Waals surface area contributed by atoms with E-state index in [0.29, 0.717) is 12.5 Å². The third-order valence-corrected chi connectivity index (χ3v) is 4.47. The molecule has 1 N–H and O–H groups in total. The number of hydrogen-bond donors (Lipinski definition) is 1. The Bertz CT molecular complexity index is 444. The van der Waals surface area contributed by atoms with E-state index in [1.54, 1.807) is 0 Å². The van der Waals surface area contributed by atoms with Crippen molar-refractivity contribution in [1.82, 2.24) is 19.8 Å². The molecule has 1 aromatic heterocycles. The number of piperidine rings is 2.